The number of benzene rings is 1. The molecule has 31 heavy (non-hydrogen) atoms. The summed E-state index contributed by atoms with van der Waals surface area (Å²) >= 11 is 0. The molecule has 168 valence electrons. The molecule has 0 heterocycles. The molecule has 10 heteroatoms. The van der Waals surface area contributed by atoms with Crippen LogP contribution in [0.25, 0.3) is 0 Å². The van der Waals surface area contributed by atoms with E-state index in [2.05, 4.69) is 23.8 Å². The number of nitrogens with one attached hydrogen (secondary N) is 2. The van der Waals surface area contributed by atoms with Gasteiger partial charge >= 0.3 is 24.1 Å². The van der Waals surface area contributed by atoms with E-state index in [0.29, 0.717) is 24.4 Å². The van der Waals surface area contributed by atoms with Crippen molar-refractivity contribution < 1.29 is 38.1 Å². The van der Waals surface area contributed by atoms with Crippen LogP contribution in [-0.2, 0) is 28.5 Å². The summed E-state index contributed by atoms with van der Waals surface area (Å²) in [6, 6.07) is 6.18. The Morgan fingerprint density at radius 1 is 0.968 bits per heavy atom. The zero-order valence-electron chi connectivity index (χ0n) is 17.5. The maximum atomic E-state index is 12.2. The van der Waals surface area contributed by atoms with E-state index < -0.39 is 30.2 Å². The quantitative estimate of drug-likeness (QED) is 0.308. The van der Waals surface area contributed by atoms with E-state index in [1.54, 1.807) is 12.1 Å². The van der Waals surface area contributed by atoms with Crippen molar-refractivity contribution in [3.8, 4) is 0 Å². The summed E-state index contributed by atoms with van der Waals surface area (Å²) in [4.78, 5) is 46.5. The van der Waals surface area contributed by atoms with E-state index in [1.807, 2.05) is 6.92 Å². The molecule has 0 saturated heterocycles. The summed E-state index contributed by atoms with van der Waals surface area (Å²) < 4.78 is 19.9. The van der Waals surface area contributed by atoms with E-state index in [1.165, 1.54) is 19.1 Å². The molecular weight excluding hydrogens is 408 g/mol. The van der Waals surface area contributed by atoms with Crippen LogP contribution in [0.5, 0.6) is 0 Å². The number of hydrogen-bond donors (Lipinski definition) is 2. The van der Waals surface area contributed by atoms with Crippen molar-refractivity contribution in [2.24, 2.45) is 0 Å². The number of esters is 2. The van der Waals surface area contributed by atoms with Crippen molar-refractivity contribution in [2.75, 3.05) is 30.5 Å². The van der Waals surface area contributed by atoms with Crippen LogP contribution in [0.3, 0.4) is 0 Å². The predicted octanol–water partition coefficient (Wildman–Crippen LogP) is 3.41. The SMILES string of the molecule is C=CC(=O)OCC(COC(=O)C(=C)C)OC(=O)Nc1ccc(NC(=O)OCCC)cc1. The number of anilines is 2. The van der Waals surface area contributed by atoms with Crippen LogP contribution in [0.15, 0.2) is 49.1 Å². The second kappa shape index (κ2) is 13.4. The van der Waals surface area contributed by atoms with Crippen LogP contribution in [0.2, 0.25) is 0 Å². The highest BCUT2D eigenvalue weighted by Crippen LogP contribution is 2.14. The first-order chi connectivity index (χ1) is 14.7. The molecule has 1 aromatic carbocycles. The molecule has 2 amide bonds. The topological polar surface area (TPSA) is 129 Å². The molecule has 0 saturated carbocycles. The first-order valence-corrected chi connectivity index (χ1v) is 9.38. The minimum atomic E-state index is -1.05. The normalized spacial score (nSPS) is 10.8. The van der Waals surface area contributed by atoms with E-state index in [-0.39, 0.29) is 18.8 Å². The van der Waals surface area contributed by atoms with E-state index in [9.17, 15) is 19.2 Å². The van der Waals surface area contributed by atoms with Crippen LogP contribution in [0.1, 0.15) is 20.3 Å². The van der Waals surface area contributed by atoms with Gasteiger partial charge in [0.05, 0.1) is 6.61 Å². The lowest BCUT2D eigenvalue weighted by Gasteiger charge is -2.18. The van der Waals surface area contributed by atoms with Gasteiger partial charge in [0.2, 0.25) is 0 Å². The van der Waals surface area contributed by atoms with E-state index in [4.69, 9.17) is 18.9 Å². The fraction of sp³-hybridized carbons (Fsp3) is 0.333. The second-order valence-electron chi connectivity index (χ2n) is 6.20. The Balaban J connectivity index is 2.63. The van der Waals surface area contributed by atoms with Crippen molar-refractivity contribution in [1.82, 2.24) is 0 Å². The highest BCUT2D eigenvalue weighted by Gasteiger charge is 2.19. The molecule has 0 aliphatic heterocycles. The van der Waals surface area contributed by atoms with Gasteiger partial charge in [0, 0.05) is 23.0 Å². The third kappa shape index (κ3) is 10.5. The third-order valence-corrected chi connectivity index (χ3v) is 3.42. The number of ether oxygens (including phenoxy) is 4. The Morgan fingerprint density at radius 2 is 1.52 bits per heavy atom. The fourth-order valence-electron chi connectivity index (χ4n) is 1.93. The number of hydrogen-bond acceptors (Lipinski definition) is 8. The van der Waals surface area contributed by atoms with Gasteiger partial charge in [-0.15, -0.1) is 0 Å². The monoisotopic (exact) mass is 434 g/mol. The van der Waals surface area contributed by atoms with Gasteiger partial charge in [-0.2, -0.15) is 0 Å². The van der Waals surface area contributed by atoms with Crippen LogP contribution in [-0.4, -0.2) is 50.0 Å². The Kier molecular flexibility index (Phi) is 10.9. The Labute approximate surface area is 180 Å². The van der Waals surface area contributed by atoms with Gasteiger partial charge in [-0.1, -0.05) is 20.1 Å². The van der Waals surface area contributed by atoms with Crippen LogP contribution in [0.4, 0.5) is 21.0 Å². The minimum Gasteiger partial charge on any atom is -0.458 e. The highest BCUT2D eigenvalue weighted by atomic mass is 16.6. The summed E-state index contributed by atoms with van der Waals surface area (Å²) in [5.74, 6) is -1.40. The average Bonchev–Trinajstić information content (AvgIpc) is 2.74. The van der Waals surface area contributed by atoms with Gasteiger partial charge in [-0.05, 0) is 37.6 Å². The van der Waals surface area contributed by atoms with E-state index >= 15 is 0 Å². The molecule has 1 aromatic rings. The zero-order valence-corrected chi connectivity index (χ0v) is 17.5. The Bertz CT molecular complexity index is 804. The van der Waals surface area contributed by atoms with Gasteiger partial charge in [0.15, 0.2) is 6.10 Å². The van der Waals surface area contributed by atoms with Gasteiger partial charge < -0.3 is 18.9 Å². The minimum absolute atomic E-state index is 0.165. The van der Waals surface area contributed by atoms with E-state index in [0.717, 1.165) is 6.08 Å². The fourth-order valence-corrected chi connectivity index (χ4v) is 1.93. The molecule has 0 aliphatic rings. The van der Waals surface area contributed by atoms with Crippen molar-refractivity contribution >= 4 is 35.5 Å². The standard InChI is InChI=1S/C21H26N2O8/c1-5-11-28-20(26)22-15-7-9-16(10-8-15)23-21(27)31-17(12-29-18(24)6-2)13-30-19(25)14(3)4/h6-10,17H,2-3,5,11-13H2,1,4H3,(H,22,26)(H,23,27). The first-order valence-electron chi connectivity index (χ1n) is 9.38. The van der Waals surface area contributed by atoms with Gasteiger partial charge in [0.25, 0.3) is 0 Å². The molecule has 2 N–H and O–H groups in total. The Hall–Kier alpha value is -3.82. The van der Waals surface area contributed by atoms with Crippen molar-refractivity contribution in [3.05, 3.63) is 49.1 Å². The first kappa shape index (κ1) is 25.2. The molecule has 0 spiro atoms. The van der Waals surface area contributed by atoms with Crippen LogP contribution < -0.4 is 10.6 Å². The van der Waals surface area contributed by atoms with Gasteiger partial charge in [-0.3, -0.25) is 10.6 Å². The summed E-state index contributed by atoms with van der Waals surface area (Å²) in [6.07, 6.45) is -0.845. The molecular formula is C21H26N2O8. The lowest BCUT2D eigenvalue weighted by molar-refractivity contribution is -0.146. The Morgan fingerprint density at radius 3 is 2.03 bits per heavy atom. The summed E-state index contributed by atoms with van der Waals surface area (Å²) in [5, 5.41) is 5.02. The van der Waals surface area contributed by atoms with Crippen LogP contribution >= 0.6 is 0 Å². The summed E-state index contributed by atoms with van der Waals surface area (Å²) in [7, 11) is 0. The molecule has 0 aromatic heterocycles. The maximum absolute atomic E-state index is 12.2. The van der Waals surface area contributed by atoms with Crippen LogP contribution in [0, 0.1) is 0 Å². The summed E-state index contributed by atoms with van der Waals surface area (Å²) in [5.41, 5.74) is 1.01. The van der Waals surface area contributed by atoms with Crippen molar-refractivity contribution in [1.29, 1.82) is 0 Å². The lowest BCUT2D eigenvalue weighted by Crippen LogP contribution is -2.32. The van der Waals surface area contributed by atoms with Crippen molar-refractivity contribution in [2.45, 2.75) is 26.4 Å². The second-order valence-corrected chi connectivity index (χ2v) is 6.20. The molecule has 0 aliphatic carbocycles. The summed E-state index contributed by atoms with van der Waals surface area (Å²) in [6.45, 7) is 9.68. The van der Waals surface area contributed by atoms with Gasteiger partial charge in [0.1, 0.15) is 13.2 Å². The highest BCUT2D eigenvalue weighted by molar-refractivity contribution is 5.88. The van der Waals surface area contributed by atoms with Gasteiger partial charge in [-0.25, -0.2) is 19.2 Å². The largest absolute Gasteiger partial charge is 0.458 e. The molecule has 0 bridgehead atoms. The smallest absolute Gasteiger partial charge is 0.412 e. The zero-order chi connectivity index (χ0) is 23.2. The third-order valence-electron chi connectivity index (χ3n) is 3.42. The molecule has 1 atom stereocenters. The number of carbonyl (C=O) groups is 4. The average molecular weight is 434 g/mol. The van der Waals surface area contributed by atoms with Crippen molar-refractivity contribution in [3.63, 3.8) is 0 Å². The number of amides is 2. The lowest BCUT2D eigenvalue weighted by atomic mass is 10.3. The molecule has 1 rings (SSSR count). The predicted molar refractivity (Wildman–Crippen MR) is 113 cm³/mol. The maximum Gasteiger partial charge on any atom is 0.412 e. The number of rotatable bonds is 11. The number of carbonyl (C=O) groups excluding carboxylic acids is 4. The molecule has 10 nitrogen and oxygen atoms in total. The molecule has 0 fully saturated rings. The molecule has 1 unspecified atom stereocenters. The molecule has 0 radical (unpaired) electrons.